The Labute approximate surface area is 150 Å². The summed E-state index contributed by atoms with van der Waals surface area (Å²) >= 11 is 0. The molecule has 1 aromatic rings. The molecule has 3 rings (SSSR count). The van der Waals surface area contributed by atoms with Crippen LogP contribution < -0.4 is 10.6 Å². The maximum atomic E-state index is 12.3. The molecule has 0 aromatic heterocycles. The van der Waals surface area contributed by atoms with Crippen molar-refractivity contribution in [3.05, 3.63) is 35.9 Å². The first-order valence-electron chi connectivity index (χ1n) is 9.57. The molecule has 1 saturated carbocycles. The van der Waals surface area contributed by atoms with Gasteiger partial charge in [0.05, 0.1) is 12.5 Å². The highest BCUT2D eigenvalue weighted by Gasteiger charge is 2.31. The molecule has 5 nitrogen and oxygen atoms in total. The molecular weight excluding hydrogens is 314 g/mol. The van der Waals surface area contributed by atoms with Crippen LogP contribution in [0.4, 0.5) is 0 Å². The number of aryl methyl sites for hydroxylation is 1. The van der Waals surface area contributed by atoms with Crippen LogP contribution in [0.5, 0.6) is 0 Å². The zero-order chi connectivity index (χ0) is 17.5. The molecule has 2 aliphatic rings. The van der Waals surface area contributed by atoms with Gasteiger partial charge in [-0.3, -0.25) is 14.5 Å². The first kappa shape index (κ1) is 17.9. The van der Waals surface area contributed by atoms with E-state index >= 15 is 0 Å². The van der Waals surface area contributed by atoms with E-state index in [0.717, 1.165) is 38.8 Å². The number of benzene rings is 1. The Morgan fingerprint density at radius 1 is 1.20 bits per heavy atom. The molecule has 136 valence electrons. The number of nitrogens with one attached hydrogen (secondary N) is 2. The molecule has 0 radical (unpaired) electrons. The monoisotopic (exact) mass is 343 g/mol. The number of nitrogens with zero attached hydrogens (tertiary/aromatic N) is 1. The summed E-state index contributed by atoms with van der Waals surface area (Å²) in [6.45, 7) is 2.34. The van der Waals surface area contributed by atoms with Gasteiger partial charge in [0.15, 0.2) is 0 Å². The number of amides is 2. The summed E-state index contributed by atoms with van der Waals surface area (Å²) in [5, 5.41) is 6.01. The molecule has 0 unspecified atom stereocenters. The average molecular weight is 343 g/mol. The van der Waals surface area contributed by atoms with E-state index in [-0.39, 0.29) is 24.3 Å². The second kappa shape index (κ2) is 8.99. The second-order valence-electron chi connectivity index (χ2n) is 7.18. The molecule has 25 heavy (non-hydrogen) atoms. The molecule has 1 saturated heterocycles. The van der Waals surface area contributed by atoms with Crippen molar-refractivity contribution in [2.24, 2.45) is 0 Å². The molecule has 0 bridgehead atoms. The van der Waals surface area contributed by atoms with Gasteiger partial charge in [0, 0.05) is 19.1 Å². The highest BCUT2D eigenvalue weighted by atomic mass is 16.2. The number of hydrogen-bond acceptors (Lipinski definition) is 3. The summed E-state index contributed by atoms with van der Waals surface area (Å²) in [6, 6.07) is 10.4. The highest BCUT2D eigenvalue weighted by Crippen LogP contribution is 2.18. The lowest BCUT2D eigenvalue weighted by Gasteiger charge is -2.34. The van der Waals surface area contributed by atoms with E-state index in [1.165, 1.54) is 18.4 Å². The minimum atomic E-state index is -0.328. The van der Waals surface area contributed by atoms with Gasteiger partial charge in [0.2, 0.25) is 11.8 Å². The van der Waals surface area contributed by atoms with Crippen LogP contribution >= 0.6 is 0 Å². The van der Waals surface area contributed by atoms with E-state index in [0.29, 0.717) is 12.6 Å². The number of carbonyl (C=O) groups is 2. The van der Waals surface area contributed by atoms with Gasteiger partial charge in [-0.15, -0.1) is 0 Å². The maximum Gasteiger partial charge on any atom is 0.237 e. The van der Waals surface area contributed by atoms with Gasteiger partial charge >= 0.3 is 0 Å². The van der Waals surface area contributed by atoms with Gasteiger partial charge in [0.1, 0.15) is 0 Å². The SMILES string of the molecule is O=C(C[C@H]1C(=O)NCCN1CCCc1ccccc1)NC1CCCC1. The third-order valence-corrected chi connectivity index (χ3v) is 5.29. The van der Waals surface area contributed by atoms with Crippen LogP contribution in [0, 0.1) is 0 Å². The summed E-state index contributed by atoms with van der Waals surface area (Å²) in [7, 11) is 0. The van der Waals surface area contributed by atoms with Gasteiger partial charge in [-0.05, 0) is 37.8 Å². The minimum absolute atomic E-state index is 0.00691. The van der Waals surface area contributed by atoms with Crippen molar-refractivity contribution in [1.29, 1.82) is 0 Å². The van der Waals surface area contributed by atoms with Crippen LogP contribution in [-0.4, -0.2) is 48.4 Å². The molecule has 1 atom stereocenters. The zero-order valence-electron chi connectivity index (χ0n) is 14.9. The van der Waals surface area contributed by atoms with Crippen LogP contribution in [0.25, 0.3) is 0 Å². The molecular formula is C20H29N3O2. The third kappa shape index (κ3) is 5.30. The smallest absolute Gasteiger partial charge is 0.237 e. The number of hydrogen-bond donors (Lipinski definition) is 2. The number of carbonyl (C=O) groups excluding carboxylic acids is 2. The highest BCUT2D eigenvalue weighted by molar-refractivity contribution is 5.88. The van der Waals surface area contributed by atoms with Crippen molar-refractivity contribution < 1.29 is 9.59 Å². The fraction of sp³-hybridized carbons (Fsp3) is 0.600. The molecule has 2 amide bonds. The summed E-state index contributed by atoms with van der Waals surface area (Å²) in [6.07, 6.45) is 6.80. The van der Waals surface area contributed by atoms with Crippen molar-refractivity contribution in [3.63, 3.8) is 0 Å². The largest absolute Gasteiger partial charge is 0.353 e. The molecule has 1 aromatic carbocycles. The van der Waals surface area contributed by atoms with E-state index in [9.17, 15) is 9.59 Å². The van der Waals surface area contributed by atoms with Gasteiger partial charge in [-0.1, -0.05) is 43.2 Å². The molecule has 0 spiro atoms. The molecule has 5 heteroatoms. The molecule has 1 heterocycles. The Morgan fingerprint density at radius 3 is 2.72 bits per heavy atom. The van der Waals surface area contributed by atoms with Crippen molar-refractivity contribution in [1.82, 2.24) is 15.5 Å². The quantitative estimate of drug-likeness (QED) is 0.794. The Kier molecular flexibility index (Phi) is 6.45. The molecule has 2 N–H and O–H groups in total. The number of rotatable bonds is 7. The zero-order valence-corrected chi connectivity index (χ0v) is 14.9. The molecule has 2 fully saturated rings. The first-order chi connectivity index (χ1) is 12.2. The van der Waals surface area contributed by atoms with E-state index in [2.05, 4.69) is 39.8 Å². The van der Waals surface area contributed by atoms with Crippen LogP contribution in [0.15, 0.2) is 30.3 Å². The molecule has 1 aliphatic heterocycles. The molecule has 1 aliphatic carbocycles. The van der Waals surface area contributed by atoms with E-state index in [1.54, 1.807) is 0 Å². The third-order valence-electron chi connectivity index (χ3n) is 5.29. The Morgan fingerprint density at radius 2 is 1.96 bits per heavy atom. The van der Waals surface area contributed by atoms with Gasteiger partial charge < -0.3 is 10.6 Å². The topological polar surface area (TPSA) is 61.4 Å². The summed E-state index contributed by atoms with van der Waals surface area (Å²) in [5.74, 6) is 0.00884. The summed E-state index contributed by atoms with van der Waals surface area (Å²) < 4.78 is 0. The standard InChI is InChI=1S/C20H29N3O2/c24-19(22-17-10-4-5-11-17)15-18-20(25)21-12-14-23(18)13-6-9-16-7-2-1-3-8-16/h1-3,7-8,17-18H,4-6,9-15H2,(H,21,25)(H,22,24)/t18-/m0/s1. The fourth-order valence-corrected chi connectivity index (χ4v) is 3.91. The predicted molar refractivity (Wildman–Crippen MR) is 98.1 cm³/mol. The Hall–Kier alpha value is -1.88. The van der Waals surface area contributed by atoms with Crippen LogP contribution in [0.3, 0.4) is 0 Å². The normalized spacial score (nSPS) is 21.9. The van der Waals surface area contributed by atoms with Gasteiger partial charge in [-0.25, -0.2) is 0 Å². The van der Waals surface area contributed by atoms with Crippen LogP contribution in [0.1, 0.15) is 44.1 Å². The predicted octanol–water partition coefficient (Wildman–Crippen LogP) is 1.87. The van der Waals surface area contributed by atoms with Crippen molar-refractivity contribution in [3.8, 4) is 0 Å². The average Bonchev–Trinajstić information content (AvgIpc) is 3.11. The first-order valence-corrected chi connectivity index (χ1v) is 9.57. The van der Waals surface area contributed by atoms with Crippen LogP contribution in [-0.2, 0) is 16.0 Å². The summed E-state index contributed by atoms with van der Waals surface area (Å²) in [4.78, 5) is 26.8. The minimum Gasteiger partial charge on any atom is -0.353 e. The lowest BCUT2D eigenvalue weighted by atomic mass is 10.1. The van der Waals surface area contributed by atoms with Crippen molar-refractivity contribution in [2.45, 2.75) is 57.0 Å². The lowest BCUT2D eigenvalue weighted by Crippen LogP contribution is -2.57. The van der Waals surface area contributed by atoms with Crippen molar-refractivity contribution >= 4 is 11.8 Å². The van der Waals surface area contributed by atoms with Gasteiger partial charge in [0.25, 0.3) is 0 Å². The Bertz CT molecular complexity index is 570. The fourth-order valence-electron chi connectivity index (χ4n) is 3.91. The van der Waals surface area contributed by atoms with E-state index in [4.69, 9.17) is 0 Å². The second-order valence-corrected chi connectivity index (χ2v) is 7.18. The van der Waals surface area contributed by atoms with E-state index in [1.807, 2.05) is 6.07 Å². The lowest BCUT2D eigenvalue weighted by molar-refractivity contribution is -0.134. The van der Waals surface area contributed by atoms with Crippen LogP contribution in [0.2, 0.25) is 0 Å². The number of piperazine rings is 1. The summed E-state index contributed by atoms with van der Waals surface area (Å²) in [5.41, 5.74) is 1.32. The maximum absolute atomic E-state index is 12.3. The Balaban J connectivity index is 1.49. The van der Waals surface area contributed by atoms with Gasteiger partial charge in [-0.2, -0.15) is 0 Å². The van der Waals surface area contributed by atoms with Crippen molar-refractivity contribution in [2.75, 3.05) is 19.6 Å². The van der Waals surface area contributed by atoms with E-state index < -0.39 is 0 Å².